The zero-order valence-corrected chi connectivity index (χ0v) is 14.9. The van der Waals surface area contributed by atoms with Crippen LogP contribution in [-0.4, -0.2) is 23.3 Å². The van der Waals surface area contributed by atoms with E-state index in [4.69, 9.17) is 11.6 Å². The standard InChI is InChI=1S/C20H21ClN2O2/c1-14-3-2-4-16(9-14)11-22-20(25)17-10-19(24)23(13-17)12-15-5-7-18(21)8-6-15/h2-9,17H,10-13H2,1H3,(H,22,25). The second-order valence-electron chi connectivity index (χ2n) is 6.51. The molecule has 5 heteroatoms. The van der Waals surface area contributed by atoms with Crippen molar-refractivity contribution in [3.05, 3.63) is 70.2 Å². The first-order valence-electron chi connectivity index (χ1n) is 8.37. The monoisotopic (exact) mass is 356 g/mol. The maximum absolute atomic E-state index is 12.4. The molecule has 130 valence electrons. The summed E-state index contributed by atoms with van der Waals surface area (Å²) in [7, 11) is 0. The molecule has 1 aliphatic rings. The van der Waals surface area contributed by atoms with Gasteiger partial charge in [-0.25, -0.2) is 0 Å². The highest BCUT2D eigenvalue weighted by Crippen LogP contribution is 2.21. The third-order valence-electron chi connectivity index (χ3n) is 4.42. The molecule has 1 unspecified atom stereocenters. The fourth-order valence-corrected chi connectivity index (χ4v) is 3.19. The van der Waals surface area contributed by atoms with Crippen LogP contribution in [0, 0.1) is 12.8 Å². The number of aryl methyl sites for hydroxylation is 1. The molecule has 0 radical (unpaired) electrons. The number of benzene rings is 2. The molecule has 1 heterocycles. The summed E-state index contributed by atoms with van der Waals surface area (Å²) in [6, 6.07) is 15.5. The molecule has 4 nitrogen and oxygen atoms in total. The zero-order valence-electron chi connectivity index (χ0n) is 14.2. The number of rotatable bonds is 5. The van der Waals surface area contributed by atoms with Gasteiger partial charge >= 0.3 is 0 Å². The molecule has 1 aliphatic heterocycles. The molecule has 0 spiro atoms. The zero-order chi connectivity index (χ0) is 17.8. The van der Waals surface area contributed by atoms with Crippen LogP contribution < -0.4 is 5.32 Å². The average Bonchev–Trinajstić information content (AvgIpc) is 2.96. The van der Waals surface area contributed by atoms with Gasteiger partial charge in [-0.15, -0.1) is 0 Å². The minimum absolute atomic E-state index is 0.0191. The van der Waals surface area contributed by atoms with Crippen molar-refractivity contribution in [1.82, 2.24) is 10.2 Å². The van der Waals surface area contributed by atoms with Gasteiger partial charge in [0, 0.05) is 31.1 Å². The lowest BCUT2D eigenvalue weighted by Crippen LogP contribution is -2.32. The summed E-state index contributed by atoms with van der Waals surface area (Å²) >= 11 is 5.88. The third-order valence-corrected chi connectivity index (χ3v) is 4.67. The molecule has 2 aromatic carbocycles. The molecule has 0 aliphatic carbocycles. The van der Waals surface area contributed by atoms with E-state index in [0.29, 0.717) is 24.7 Å². The van der Waals surface area contributed by atoms with Gasteiger partial charge in [0.25, 0.3) is 0 Å². The first-order chi connectivity index (χ1) is 12.0. The Labute approximate surface area is 152 Å². The Bertz CT molecular complexity index is 774. The molecule has 1 saturated heterocycles. The predicted octanol–water partition coefficient (Wildman–Crippen LogP) is 3.31. The van der Waals surface area contributed by atoms with Crippen molar-refractivity contribution in [2.45, 2.75) is 26.4 Å². The fourth-order valence-electron chi connectivity index (χ4n) is 3.07. The second-order valence-corrected chi connectivity index (χ2v) is 6.95. The second kappa shape index (κ2) is 7.70. The highest BCUT2D eigenvalue weighted by Gasteiger charge is 2.34. The molecule has 1 fully saturated rings. The van der Waals surface area contributed by atoms with Crippen LogP contribution >= 0.6 is 11.6 Å². The van der Waals surface area contributed by atoms with Crippen molar-refractivity contribution in [2.24, 2.45) is 5.92 Å². The van der Waals surface area contributed by atoms with Crippen LogP contribution in [0.3, 0.4) is 0 Å². The van der Waals surface area contributed by atoms with Crippen molar-refractivity contribution in [3.8, 4) is 0 Å². The number of halogens is 1. The number of hydrogen-bond donors (Lipinski definition) is 1. The van der Waals surface area contributed by atoms with Gasteiger partial charge in [-0.3, -0.25) is 9.59 Å². The molecule has 0 saturated carbocycles. The van der Waals surface area contributed by atoms with Gasteiger partial charge in [0.05, 0.1) is 5.92 Å². The van der Waals surface area contributed by atoms with Gasteiger partial charge in [0.2, 0.25) is 11.8 Å². The molecule has 0 aromatic heterocycles. The minimum atomic E-state index is -0.287. The Morgan fingerprint density at radius 3 is 2.68 bits per heavy atom. The van der Waals surface area contributed by atoms with E-state index in [1.807, 2.05) is 55.5 Å². The van der Waals surface area contributed by atoms with Crippen LogP contribution in [0.2, 0.25) is 5.02 Å². The number of hydrogen-bond acceptors (Lipinski definition) is 2. The normalized spacial score (nSPS) is 17.0. The Hall–Kier alpha value is -2.33. The van der Waals surface area contributed by atoms with E-state index < -0.39 is 0 Å². The molecule has 25 heavy (non-hydrogen) atoms. The molecule has 3 rings (SSSR count). The molecule has 2 amide bonds. The largest absolute Gasteiger partial charge is 0.352 e. The Kier molecular flexibility index (Phi) is 5.39. The lowest BCUT2D eigenvalue weighted by atomic mass is 10.1. The van der Waals surface area contributed by atoms with Gasteiger partial charge in [0.15, 0.2) is 0 Å². The highest BCUT2D eigenvalue weighted by molar-refractivity contribution is 6.30. The first-order valence-corrected chi connectivity index (χ1v) is 8.74. The van der Waals surface area contributed by atoms with E-state index >= 15 is 0 Å². The van der Waals surface area contributed by atoms with E-state index in [-0.39, 0.29) is 24.2 Å². The number of carbonyl (C=O) groups is 2. The van der Waals surface area contributed by atoms with Crippen molar-refractivity contribution in [2.75, 3.05) is 6.54 Å². The van der Waals surface area contributed by atoms with E-state index in [9.17, 15) is 9.59 Å². The summed E-state index contributed by atoms with van der Waals surface area (Å²) in [4.78, 5) is 26.3. The van der Waals surface area contributed by atoms with Crippen molar-refractivity contribution in [1.29, 1.82) is 0 Å². The quantitative estimate of drug-likeness (QED) is 0.893. The number of amides is 2. The van der Waals surface area contributed by atoms with E-state index in [1.54, 1.807) is 4.90 Å². The highest BCUT2D eigenvalue weighted by atomic mass is 35.5. The van der Waals surface area contributed by atoms with Crippen molar-refractivity contribution >= 4 is 23.4 Å². The smallest absolute Gasteiger partial charge is 0.225 e. The summed E-state index contributed by atoms with van der Waals surface area (Å²) in [5.74, 6) is -0.330. The summed E-state index contributed by atoms with van der Waals surface area (Å²) in [6.45, 7) is 3.48. The topological polar surface area (TPSA) is 49.4 Å². The molecular weight excluding hydrogens is 336 g/mol. The Morgan fingerprint density at radius 1 is 1.20 bits per heavy atom. The van der Waals surface area contributed by atoms with E-state index in [1.165, 1.54) is 0 Å². The Morgan fingerprint density at radius 2 is 1.96 bits per heavy atom. The van der Waals surface area contributed by atoms with Gasteiger partial charge in [0.1, 0.15) is 0 Å². The van der Waals surface area contributed by atoms with Crippen LogP contribution in [0.25, 0.3) is 0 Å². The number of nitrogens with one attached hydrogen (secondary N) is 1. The van der Waals surface area contributed by atoms with Gasteiger partial charge < -0.3 is 10.2 Å². The molecular formula is C20H21ClN2O2. The lowest BCUT2D eigenvalue weighted by molar-refractivity contribution is -0.129. The molecule has 0 bridgehead atoms. The maximum Gasteiger partial charge on any atom is 0.225 e. The third kappa shape index (κ3) is 4.60. The fraction of sp³-hybridized carbons (Fsp3) is 0.300. The van der Waals surface area contributed by atoms with Gasteiger partial charge in [-0.05, 0) is 30.2 Å². The molecule has 2 aromatic rings. The summed E-state index contributed by atoms with van der Waals surface area (Å²) in [6.07, 6.45) is 0.271. The maximum atomic E-state index is 12.4. The van der Waals surface area contributed by atoms with Crippen LogP contribution in [0.5, 0.6) is 0 Å². The summed E-state index contributed by atoms with van der Waals surface area (Å²) < 4.78 is 0. The summed E-state index contributed by atoms with van der Waals surface area (Å²) in [5, 5.41) is 3.62. The molecule has 1 atom stereocenters. The van der Waals surface area contributed by atoms with Crippen molar-refractivity contribution in [3.63, 3.8) is 0 Å². The van der Waals surface area contributed by atoms with Crippen LogP contribution in [-0.2, 0) is 22.7 Å². The van der Waals surface area contributed by atoms with Gasteiger partial charge in [-0.1, -0.05) is 53.6 Å². The summed E-state index contributed by atoms with van der Waals surface area (Å²) in [5.41, 5.74) is 3.24. The lowest BCUT2D eigenvalue weighted by Gasteiger charge is -2.17. The molecule has 1 N–H and O–H groups in total. The number of nitrogens with zero attached hydrogens (tertiary/aromatic N) is 1. The van der Waals surface area contributed by atoms with E-state index in [0.717, 1.165) is 16.7 Å². The number of carbonyl (C=O) groups excluding carboxylic acids is 2. The average molecular weight is 357 g/mol. The minimum Gasteiger partial charge on any atom is -0.352 e. The van der Waals surface area contributed by atoms with Crippen LogP contribution in [0.15, 0.2) is 48.5 Å². The van der Waals surface area contributed by atoms with Gasteiger partial charge in [-0.2, -0.15) is 0 Å². The predicted molar refractivity (Wildman–Crippen MR) is 98.0 cm³/mol. The van der Waals surface area contributed by atoms with Crippen LogP contribution in [0.4, 0.5) is 0 Å². The first kappa shape index (κ1) is 17.5. The van der Waals surface area contributed by atoms with E-state index in [2.05, 4.69) is 5.32 Å². The Balaban J connectivity index is 1.54. The number of likely N-dealkylation sites (tertiary alicyclic amines) is 1. The van der Waals surface area contributed by atoms with Crippen molar-refractivity contribution < 1.29 is 9.59 Å². The SMILES string of the molecule is Cc1cccc(CNC(=O)C2CC(=O)N(Cc3ccc(Cl)cc3)C2)c1. The van der Waals surface area contributed by atoms with Crippen LogP contribution in [0.1, 0.15) is 23.1 Å².